The van der Waals surface area contributed by atoms with Crippen LogP contribution < -0.4 is 5.32 Å². The summed E-state index contributed by atoms with van der Waals surface area (Å²) in [6.45, 7) is 4.00. The molecule has 1 N–H and O–H groups in total. The summed E-state index contributed by atoms with van der Waals surface area (Å²) in [4.78, 5) is 0. The van der Waals surface area contributed by atoms with Gasteiger partial charge in [-0.3, -0.25) is 0 Å². The van der Waals surface area contributed by atoms with Crippen LogP contribution in [0.15, 0.2) is 24.3 Å². The zero-order valence-corrected chi connectivity index (χ0v) is 11.6. The molecular formula is C16H25NO. The third kappa shape index (κ3) is 3.56. The van der Waals surface area contributed by atoms with Crippen LogP contribution in [0.4, 0.5) is 0 Å². The molecule has 0 heterocycles. The van der Waals surface area contributed by atoms with Gasteiger partial charge < -0.3 is 10.1 Å². The molecular weight excluding hydrogens is 222 g/mol. The van der Waals surface area contributed by atoms with Crippen molar-refractivity contribution in [1.82, 2.24) is 5.32 Å². The molecule has 18 heavy (non-hydrogen) atoms. The fourth-order valence-corrected chi connectivity index (χ4v) is 2.79. The highest BCUT2D eigenvalue weighted by Crippen LogP contribution is 2.27. The number of rotatable bonds is 5. The maximum atomic E-state index is 6.14. The molecule has 2 atom stereocenters. The van der Waals surface area contributed by atoms with E-state index in [-0.39, 0.29) is 0 Å². The van der Waals surface area contributed by atoms with Gasteiger partial charge in [-0.15, -0.1) is 0 Å². The Morgan fingerprint density at radius 2 is 1.89 bits per heavy atom. The summed E-state index contributed by atoms with van der Waals surface area (Å²) in [5.41, 5.74) is 2.67. The zero-order valence-electron chi connectivity index (χ0n) is 11.6. The lowest BCUT2D eigenvalue weighted by molar-refractivity contribution is -0.0157. The molecule has 2 unspecified atom stereocenters. The van der Waals surface area contributed by atoms with Crippen LogP contribution >= 0.6 is 0 Å². The summed E-state index contributed by atoms with van der Waals surface area (Å²) in [5.74, 6) is 0.718. The SMILES string of the molecule is CNCc1ccccc1COC1CCCCC1C. The lowest BCUT2D eigenvalue weighted by Crippen LogP contribution is -2.25. The number of ether oxygens (including phenoxy) is 1. The van der Waals surface area contributed by atoms with Crippen molar-refractivity contribution in [2.24, 2.45) is 5.92 Å². The van der Waals surface area contributed by atoms with E-state index in [2.05, 4.69) is 36.5 Å². The molecule has 1 saturated carbocycles. The van der Waals surface area contributed by atoms with Crippen LogP contribution in [0.3, 0.4) is 0 Å². The molecule has 0 saturated heterocycles. The van der Waals surface area contributed by atoms with Gasteiger partial charge in [-0.05, 0) is 36.9 Å². The van der Waals surface area contributed by atoms with Gasteiger partial charge in [0, 0.05) is 6.54 Å². The van der Waals surface area contributed by atoms with Crippen molar-refractivity contribution in [3.63, 3.8) is 0 Å². The first-order valence-corrected chi connectivity index (χ1v) is 7.14. The minimum atomic E-state index is 0.460. The van der Waals surface area contributed by atoms with E-state index in [9.17, 15) is 0 Å². The van der Waals surface area contributed by atoms with Crippen LogP contribution in [-0.2, 0) is 17.9 Å². The van der Waals surface area contributed by atoms with Crippen LogP contribution in [0, 0.1) is 5.92 Å². The van der Waals surface area contributed by atoms with Gasteiger partial charge in [0.25, 0.3) is 0 Å². The highest BCUT2D eigenvalue weighted by molar-refractivity contribution is 5.26. The Kier molecular flexibility index (Phi) is 5.21. The normalized spacial score (nSPS) is 24.1. The third-order valence-electron chi connectivity index (χ3n) is 3.97. The highest BCUT2D eigenvalue weighted by Gasteiger charge is 2.21. The van der Waals surface area contributed by atoms with E-state index >= 15 is 0 Å². The predicted octanol–water partition coefficient (Wildman–Crippen LogP) is 3.50. The molecule has 1 fully saturated rings. The molecule has 0 radical (unpaired) electrons. The zero-order chi connectivity index (χ0) is 12.8. The van der Waals surface area contributed by atoms with Crippen molar-refractivity contribution in [2.45, 2.75) is 51.9 Å². The largest absolute Gasteiger partial charge is 0.373 e. The van der Waals surface area contributed by atoms with Crippen LogP contribution in [0.2, 0.25) is 0 Å². The summed E-state index contributed by atoms with van der Waals surface area (Å²) in [6, 6.07) is 8.56. The lowest BCUT2D eigenvalue weighted by atomic mass is 9.88. The average Bonchev–Trinajstić information content (AvgIpc) is 2.40. The standard InChI is InChI=1S/C16H25NO/c1-13-7-3-6-10-16(13)18-12-15-9-5-4-8-14(15)11-17-2/h4-5,8-9,13,16-17H,3,6-7,10-12H2,1-2H3. The second-order valence-corrected chi connectivity index (χ2v) is 5.41. The molecule has 1 aliphatic rings. The molecule has 1 aromatic rings. The predicted molar refractivity (Wildman–Crippen MR) is 75.4 cm³/mol. The Morgan fingerprint density at radius 3 is 2.61 bits per heavy atom. The van der Waals surface area contributed by atoms with Crippen LogP contribution in [0.5, 0.6) is 0 Å². The topological polar surface area (TPSA) is 21.3 Å². The monoisotopic (exact) mass is 247 g/mol. The first-order valence-electron chi connectivity index (χ1n) is 7.14. The van der Waals surface area contributed by atoms with Gasteiger partial charge in [0.15, 0.2) is 0 Å². The van der Waals surface area contributed by atoms with Crippen molar-refractivity contribution in [2.75, 3.05) is 7.05 Å². The summed E-state index contributed by atoms with van der Waals surface area (Å²) in [6.07, 6.45) is 5.71. The minimum absolute atomic E-state index is 0.460. The number of hydrogen-bond acceptors (Lipinski definition) is 2. The van der Waals surface area contributed by atoms with Crippen molar-refractivity contribution in [3.05, 3.63) is 35.4 Å². The van der Waals surface area contributed by atoms with Crippen molar-refractivity contribution < 1.29 is 4.74 Å². The molecule has 1 aromatic carbocycles. The Balaban J connectivity index is 1.92. The molecule has 0 bridgehead atoms. The molecule has 100 valence electrons. The van der Waals surface area contributed by atoms with E-state index in [0.717, 1.165) is 19.1 Å². The van der Waals surface area contributed by atoms with Crippen molar-refractivity contribution >= 4 is 0 Å². The maximum absolute atomic E-state index is 6.14. The average molecular weight is 247 g/mol. The second-order valence-electron chi connectivity index (χ2n) is 5.41. The van der Waals surface area contributed by atoms with Crippen LogP contribution in [0.25, 0.3) is 0 Å². The van der Waals surface area contributed by atoms with E-state index < -0.39 is 0 Å². The Labute approximate surface area is 111 Å². The van der Waals surface area contributed by atoms with Gasteiger partial charge in [0.1, 0.15) is 0 Å². The smallest absolute Gasteiger partial charge is 0.0723 e. The van der Waals surface area contributed by atoms with Gasteiger partial charge in [0.2, 0.25) is 0 Å². The van der Waals surface area contributed by atoms with E-state index in [1.165, 1.54) is 36.8 Å². The summed E-state index contributed by atoms with van der Waals surface area (Å²) < 4.78 is 6.14. The summed E-state index contributed by atoms with van der Waals surface area (Å²) in [5, 5.41) is 3.22. The summed E-state index contributed by atoms with van der Waals surface area (Å²) in [7, 11) is 1.99. The molecule has 0 aromatic heterocycles. The molecule has 2 heteroatoms. The first kappa shape index (κ1) is 13.6. The van der Waals surface area contributed by atoms with Crippen molar-refractivity contribution in [3.8, 4) is 0 Å². The Bertz CT molecular complexity index is 364. The van der Waals surface area contributed by atoms with Gasteiger partial charge in [-0.1, -0.05) is 44.0 Å². The van der Waals surface area contributed by atoms with Gasteiger partial charge in [-0.25, -0.2) is 0 Å². The summed E-state index contributed by atoms with van der Waals surface area (Å²) >= 11 is 0. The molecule has 0 amide bonds. The Hall–Kier alpha value is -0.860. The molecule has 2 nitrogen and oxygen atoms in total. The molecule has 0 spiro atoms. The number of nitrogens with one attached hydrogen (secondary N) is 1. The third-order valence-corrected chi connectivity index (χ3v) is 3.97. The fourth-order valence-electron chi connectivity index (χ4n) is 2.79. The van der Waals surface area contributed by atoms with Crippen LogP contribution in [0.1, 0.15) is 43.7 Å². The minimum Gasteiger partial charge on any atom is -0.373 e. The molecule has 0 aliphatic heterocycles. The van der Waals surface area contributed by atoms with Gasteiger partial charge >= 0.3 is 0 Å². The fraction of sp³-hybridized carbons (Fsp3) is 0.625. The van der Waals surface area contributed by atoms with E-state index in [1.54, 1.807) is 0 Å². The number of hydrogen-bond donors (Lipinski definition) is 1. The highest BCUT2D eigenvalue weighted by atomic mass is 16.5. The molecule has 2 rings (SSSR count). The van der Waals surface area contributed by atoms with E-state index in [4.69, 9.17) is 4.74 Å². The van der Waals surface area contributed by atoms with Crippen LogP contribution in [-0.4, -0.2) is 13.2 Å². The second kappa shape index (κ2) is 6.91. The maximum Gasteiger partial charge on any atom is 0.0723 e. The molecule has 1 aliphatic carbocycles. The lowest BCUT2D eigenvalue weighted by Gasteiger charge is -2.29. The van der Waals surface area contributed by atoms with Gasteiger partial charge in [0.05, 0.1) is 12.7 Å². The van der Waals surface area contributed by atoms with Gasteiger partial charge in [-0.2, -0.15) is 0 Å². The quantitative estimate of drug-likeness (QED) is 0.860. The van der Waals surface area contributed by atoms with E-state index in [1.807, 2.05) is 7.05 Å². The van der Waals surface area contributed by atoms with Crippen molar-refractivity contribution in [1.29, 1.82) is 0 Å². The Morgan fingerprint density at radius 1 is 1.17 bits per heavy atom. The van der Waals surface area contributed by atoms with E-state index in [0.29, 0.717) is 6.10 Å². The first-order chi connectivity index (χ1) is 8.81. The number of benzene rings is 1.